The maximum Gasteiger partial charge on any atom is 0.279 e. The Labute approximate surface area is 189 Å². The van der Waals surface area contributed by atoms with Crippen molar-refractivity contribution in [2.24, 2.45) is 0 Å². The second-order valence-electron chi connectivity index (χ2n) is 6.53. The van der Waals surface area contributed by atoms with Crippen LogP contribution in [0.1, 0.15) is 27.4 Å². The maximum absolute atomic E-state index is 12.8. The molecule has 1 N–H and O–H groups in total. The highest BCUT2D eigenvalue weighted by atomic mass is 79.9. The predicted molar refractivity (Wildman–Crippen MR) is 116 cm³/mol. The van der Waals surface area contributed by atoms with E-state index in [0.29, 0.717) is 27.9 Å². The molecule has 0 saturated carbocycles. The van der Waals surface area contributed by atoms with Gasteiger partial charge >= 0.3 is 0 Å². The fourth-order valence-corrected chi connectivity index (χ4v) is 3.47. The smallest absolute Gasteiger partial charge is 0.279 e. The van der Waals surface area contributed by atoms with Gasteiger partial charge in [-0.25, -0.2) is 0 Å². The van der Waals surface area contributed by atoms with E-state index in [-0.39, 0.29) is 18.1 Å². The van der Waals surface area contributed by atoms with Gasteiger partial charge in [-0.15, -0.1) is 0 Å². The van der Waals surface area contributed by atoms with Crippen LogP contribution in [0.5, 0.6) is 0 Å². The van der Waals surface area contributed by atoms with Crippen molar-refractivity contribution >= 4 is 50.9 Å². The Balaban J connectivity index is 1.50. The molecule has 0 aliphatic heterocycles. The second-order valence-corrected chi connectivity index (χ2v) is 8.29. The van der Waals surface area contributed by atoms with E-state index in [4.69, 9.17) is 27.7 Å². The number of aromatic nitrogens is 5. The lowest BCUT2D eigenvalue weighted by atomic mass is 10.2. The van der Waals surface area contributed by atoms with Crippen molar-refractivity contribution in [1.29, 1.82) is 0 Å². The minimum atomic E-state index is -0.476. The van der Waals surface area contributed by atoms with Crippen LogP contribution in [0.4, 0.5) is 5.82 Å². The summed E-state index contributed by atoms with van der Waals surface area (Å²) in [5.41, 5.74) is 1.78. The van der Waals surface area contributed by atoms with E-state index < -0.39 is 5.91 Å². The number of aryl methyl sites for hydroxylation is 1. The van der Waals surface area contributed by atoms with Crippen LogP contribution < -0.4 is 5.32 Å². The van der Waals surface area contributed by atoms with Crippen molar-refractivity contribution in [3.05, 3.63) is 80.0 Å². The van der Waals surface area contributed by atoms with Crippen molar-refractivity contribution < 1.29 is 9.32 Å². The lowest BCUT2D eigenvalue weighted by molar-refractivity contribution is 0.101. The van der Waals surface area contributed by atoms with Gasteiger partial charge < -0.3 is 9.84 Å². The van der Waals surface area contributed by atoms with Gasteiger partial charge in [0.1, 0.15) is 10.8 Å². The number of hydrogen-bond donors (Lipinski definition) is 1. The molecular formula is C19H15BrCl2N6O2. The Morgan fingerprint density at radius 2 is 1.93 bits per heavy atom. The summed E-state index contributed by atoms with van der Waals surface area (Å²) in [6.45, 7) is 2.53. The van der Waals surface area contributed by atoms with Crippen LogP contribution in [0, 0.1) is 6.92 Å². The molecule has 0 radical (unpaired) electrons. The number of rotatable bonds is 6. The van der Waals surface area contributed by atoms with E-state index in [0.717, 1.165) is 10.0 Å². The fourth-order valence-electron chi connectivity index (χ4n) is 2.85. The number of nitrogens with zero attached hydrogens (tertiary/aromatic N) is 5. The van der Waals surface area contributed by atoms with E-state index in [1.54, 1.807) is 28.7 Å². The Morgan fingerprint density at radius 1 is 1.17 bits per heavy atom. The summed E-state index contributed by atoms with van der Waals surface area (Å²) in [5, 5.41) is 15.9. The molecule has 11 heteroatoms. The number of carbonyl (C=O) groups excluding carboxylic acids is 1. The minimum absolute atomic E-state index is 0.137. The minimum Gasteiger partial charge on any atom is -0.361 e. The summed E-state index contributed by atoms with van der Waals surface area (Å²) < 4.78 is 9.45. The Kier molecular flexibility index (Phi) is 5.94. The molecule has 1 aromatic carbocycles. The van der Waals surface area contributed by atoms with Crippen LogP contribution in [0.25, 0.3) is 0 Å². The first-order valence-electron chi connectivity index (χ1n) is 8.81. The largest absolute Gasteiger partial charge is 0.361 e. The number of nitrogens with one attached hydrogen (secondary N) is 1. The molecule has 8 nitrogen and oxygen atoms in total. The van der Waals surface area contributed by atoms with Crippen molar-refractivity contribution in [1.82, 2.24) is 24.7 Å². The first-order valence-corrected chi connectivity index (χ1v) is 10.4. The van der Waals surface area contributed by atoms with E-state index in [9.17, 15) is 4.79 Å². The summed E-state index contributed by atoms with van der Waals surface area (Å²) >= 11 is 15.6. The molecule has 0 fully saturated rings. The second kappa shape index (κ2) is 8.63. The van der Waals surface area contributed by atoms with Crippen molar-refractivity contribution in [2.75, 3.05) is 5.32 Å². The topological polar surface area (TPSA) is 90.8 Å². The van der Waals surface area contributed by atoms with Crippen molar-refractivity contribution in [3.8, 4) is 0 Å². The van der Waals surface area contributed by atoms with Crippen LogP contribution >= 0.6 is 39.1 Å². The average molecular weight is 510 g/mol. The lowest BCUT2D eigenvalue weighted by Crippen LogP contribution is -2.16. The first-order chi connectivity index (χ1) is 14.4. The van der Waals surface area contributed by atoms with E-state index >= 15 is 0 Å². The summed E-state index contributed by atoms with van der Waals surface area (Å²) in [7, 11) is 0. The number of hydrogen-bond acceptors (Lipinski definition) is 5. The molecule has 0 aliphatic rings. The highest BCUT2D eigenvalue weighted by Gasteiger charge is 2.22. The molecule has 0 bridgehead atoms. The van der Waals surface area contributed by atoms with Gasteiger partial charge in [-0.3, -0.25) is 14.2 Å². The van der Waals surface area contributed by atoms with Gasteiger partial charge in [0.2, 0.25) is 0 Å². The first kappa shape index (κ1) is 20.6. The zero-order chi connectivity index (χ0) is 21.3. The highest BCUT2D eigenvalue weighted by molar-refractivity contribution is 9.10. The molecule has 4 aromatic rings. The van der Waals surface area contributed by atoms with Crippen LogP contribution in [-0.4, -0.2) is 30.6 Å². The molecule has 0 spiro atoms. The Morgan fingerprint density at radius 3 is 2.63 bits per heavy atom. The van der Waals surface area contributed by atoms with Gasteiger partial charge in [0.25, 0.3) is 5.91 Å². The molecule has 30 heavy (non-hydrogen) atoms. The summed E-state index contributed by atoms with van der Waals surface area (Å²) in [4.78, 5) is 12.8. The third-order valence-electron chi connectivity index (χ3n) is 4.33. The molecule has 1 amide bonds. The molecular weight excluding hydrogens is 495 g/mol. The number of carbonyl (C=O) groups is 1. The normalized spacial score (nSPS) is 11.1. The van der Waals surface area contributed by atoms with E-state index in [2.05, 4.69) is 36.6 Å². The molecule has 154 valence electrons. The fraction of sp³-hybridized carbons (Fsp3) is 0.158. The zero-order valence-corrected chi connectivity index (χ0v) is 18.7. The number of anilines is 1. The third kappa shape index (κ3) is 4.58. The van der Waals surface area contributed by atoms with Gasteiger partial charge in [-0.2, -0.15) is 10.2 Å². The maximum atomic E-state index is 12.8. The van der Waals surface area contributed by atoms with E-state index in [1.807, 2.05) is 24.3 Å². The third-order valence-corrected chi connectivity index (χ3v) is 5.33. The molecule has 3 aromatic heterocycles. The summed E-state index contributed by atoms with van der Waals surface area (Å²) in [6, 6.07) is 7.85. The van der Waals surface area contributed by atoms with Gasteiger partial charge in [0, 0.05) is 22.4 Å². The number of halogens is 3. The van der Waals surface area contributed by atoms with Gasteiger partial charge in [-0.1, -0.05) is 56.4 Å². The van der Waals surface area contributed by atoms with Gasteiger partial charge in [0.05, 0.1) is 24.3 Å². The average Bonchev–Trinajstić information content (AvgIpc) is 3.38. The number of amides is 1. The molecule has 4 rings (SSSR count). The van der Waals surface area contributed by atoms with Crippen molar-refractivity contribution in [2.45, 2.75) is 20.0 Å². The molecule has 3 heterocycles. The molecule has 0 atom stereocenters. The van der Waals surface area contributed by atoms with Crippen LogP contribution in [0.3, 0.4) is 0 Å². The van der Waals surface area contributed by atoms with Crippen LogP contribution in [-0.2, 0) is 13.1 Å². The number of benzene rings is 1. The van der Waals surface area contributed by atoms with Gasteiger partial charge in [-0.05, 0) is 24.6 Å². The molecule has 0 saturated heterocycles. The SMILES string of the molecule is Cc1onc(C(=O)Nc2nn(Cc3ccc(Br)cc3)cc2Cl)c1Cn1cc(Cl)cn1. The zero-order valence-electron chi connectivity index (χ0n) is 15.6. The Bertz CT molecular complexity index is 1200. The Hall–Kier alpha value is -2.62. The van der Waals surface area contributed by atoms with Crippen molar-refractivity contribution in [3.63, 3.8) is 0 Å². The molecule has 0 unspecified atom stereocenters. The predicted octanol–water partition coefficient (Wildman–Crippen LogP) is 4.79. The van der Waals surface area contributed by atoms with Crippen LogP contribution in [0.2, 0.25) is 10.0 Å². The highest BCUT2D eigenvalue weighted by Crippen LogP contribution is 2.23. The van der Waals surface area contributed by atoms with Crippen LogP contribution in [0.15, 0.2) is 51.9 Å². The quantitative estimate of drug-likeness (QED) is 0.403. The summed E-state index contributed by atoms with van der Waals surface area (Å²) in [6.07, 6.45) is 4.82. The monoisotopic (exact) mass is 508 g/mol. The summed E-state index contributed by atoms with van der Waals surface area (Å²) in [5.74, 6) is 0.280. The van der Waals surface area contributed by atoms with E-state index in [1.165, 1.54) is 6.20 Å². The molecule has 0 aliphatic carbocycles. The lowest BCUT2D eigenvalue weighted by Gasteiger charge is -2.04. The standard InChI is InChI=1S/C19H15BrCl2N6O2/c1-11-15(9-27-8-14(21)6-23-27)17(26-30-11)19(29)24-18-16(22)10-28(25-18)7-12-2-4-13(20)5-3-12/h2-6,8,10H,7,9H2,1H3,(H,24,25,29). The van der Waals surface area contributed by atoms with Gasteiger partial charge in [0.15, 0.2) is 11.5 Å².